The fourth-order valence-corrected chi connectivity index (χ4v) is 4.29. The molecule has 0 heterocycles. The van der Waals surface area contributed by atoms with Gasteiger partial charge in [-0.3, -0.25) is 0 Å². The first-order valence-corrected chi connectivity index (χ1v) is 8.74. The SMILES string of the molecule is CC(NC(=O)OCc1ccccc1)C(O)C12CCC(CC1)CC2. The number of aliphatic hydroxyl groups excluding tert-OH is 1. The number of fused-ring (bicyclic) bond motifs is 3. The lowest BCUT2D eigenvalue weighted by Crippen LogP contribution is -2.53. The average molecular weight is 317 g/mol. The van der Waals surface area contributed by atoms with Gasteiger partial charge in [-0.1, -0.05) is 30.3 Å². The Morgan fingerprint density at radius 2 is 1.87 bits per heavy atom. The van der Waals surface area contributed by atoms with E-state index in [1.165, 1.54) is 19.3 Å². The maximum atomic E-state index is 12.0. The molecule has 4 nitrogen and oxygen atoms in total. The third-order valence-corrected chi connectivity index (χ3v) is 5.81. The molecule has 3 aliphatic rings. The van der Waals surface area contributed by atoms with Crippen molar-refractivity contribution >= 4 is 6.09 Å². The maximum absolute atomic E-state index is 12.0. The smallest absolute Gasteiger partial charge is 0.407 e. The first-order chi connectivity index (χ1) is 11.1. The highest BCUT2D eigenvalue weighted by atomic mass is 16.5. The van der Waals surface area contributed by atoms with Gasteiger partial charge in [0.05, 0.1) is 12.1 Å². The molecule has 2 atom stereocenters. The van der Waals surface area contributed by atoms with Crippen molar-refractivity contribution in [1.29, 1.82) is 0 Å². The minimum absolute atomic E-state index is 0.000870. The fraction of sp³-hybridized carbons (Fsp3) is 0.632. The summed E-state index contributed by atoms with van der Waals surface area (Å²) in [6.45, 7) is 2.13. The van der Waals surface area contributed by atoms with Crippen LogP contribution in [0.5, 0.6) is 0 Å². The molecule has 0 aliphatic heterocycles. The summed E-state index contributed by atoms with van der Waals surface area (Å²) in [6.07, 6.45) is 5.99. The number of carbonyl (C=O) groups excluding carboxylic acids is 1. The van der Waals surface area contributed by atoms with Gasteiger partial charge in [-0.25, -0.2) is 4.79 Å². The van der Waals surface area contributed by atoms with E-state index in [-0.39, 0.29) is 18.1 Å². The Bertz CT molecular complexity index is 509. The summed E-state index contributed by atoms with van der Waals surface area (Å²) in [7, 11) is 0. The molecule has 4 heteroatoms. The minimum Gasteiger partial charge on any atom is -0.445 e. The van der Waals surface area contributed by atoms with Gasteiger partial charge < -0.3 is 15.2 Å². The van der Waals surface area contributed by atoms with E-state index in [1.807, 2.05) is 37.3 Å². The Balaban J connectivity index is 1.49. The monoisotopic (exact) mass is 317 g/mol. The van der Waals surface area contributed by atoms with Gasteiger partial charge in [-0.15, -0.1) is 0 Å². The van der Waals surface area contributed by atoms with E-state index in [2.05, 4.69) is 5.32 Å². The van der Waals surface area contributed by atoms with E-state index in [0.29, 0.717) is 0 Å². The molecule has 1 aromatic rings. The molecule has 126 valence electrons. The molecule has 3 fully saturated rings. The van der Waals surface area contributed by atoms with E-state index in [4.69, 9.17) is 4.74 Å². The van der Waals surface area contributed by atoms with Crippen LogP contribution in [0.2, 0.25) is 0 Å². The molecule has 2 unspecified atom stereocenters. The number of nitrogens with one attached hydrogen (secondary N) is 1. The molecule has 2 N–H and O–H groups in total. The lowest BCUT2D eigenvalue weighted by Gasteiger charge is -2.50. The molecule has 1 aromatic carbocycles. The second kappa shape index (κ2) is 6.91. The van der Waals surface area contributed by atoms with E-state index in [0.717, 1.165) is 30.7 Å². The zero-order chi connectivity index (χ0) is 16.3. The summed E-state index contributed by atoms with van der Waals surface area (Å²) in [5, 5.41) is 13.6. The second-order valence-corrected chi connectivity index (χ2v) is 7.28. The van der Waals surface area contributed by atoms with Crippen molar-refractivity contribution in [3.8, 4) is 0 Å². The van der Waals surface area contributed by atoms with E-state index in [1.54, 1.807) is 0 Å². The van der Waals surface area contributed by atoms with Crippen LogP contribution in [0.25, 0.3) is 0 Å². The van der Waals surface area contributed by atoms with Gasteiger partial charge in [0.15, 0.2) is 0 Å². The fourth-order valence-electron chi connectivity index (χ4n) is 4.29. The van der Waals surface area contributed by atoms with Gasteiger partial charge >= 0.3 is 6.09 Å². The van der Waals surface area contributed by atoms with Gasteiger partial charge in [0.2, 0.25) is 0 Å². The van der Waals surface area contributed by atoms with Crippen LogP contribution in [0.1, 0.15) is 51.0 Å². The van der Waals surface area contributed by atoms with Crippen molar-refractivity contribution in [2.24, 2.45) is 11.3 Å². The number of benzene rings is 1. The van der Waals surface area contributed by atoms with Gasteiger partial charge in [-0.05, 0) is 62.3 Å². The predicted molar refractivity (Wildman–Crippen MR) is 88.9 cm³/mol. The zero-order valence-corrected chi connectivity index (χ0v) is 13.8. The van der Waals surface area contributed by atoms with E-state index >= 15 is 0 Å². The van der Waals surface area contributed by atoms with Crippen molar-refractivity contribution < 1.29 is 14.6 Å². The molecule has 23 heavy (non-hydrogen) atoms. The highest BCUT2D eigenvalue weighted by Crippen LogP contribution is 2.52. The van der Waals surface area contributed by atoms with Crippen LogP contribution in [-0.2, 0) is 11.3 Å². The summed E-state index contributed by atoms with van der Waals surface area (Å²) >= 11 is 0. The second-order valence-electron chi connectivity index (χ2n) is 7.28. The molecule has 0 radical (unpaired) electrons. The van der Waals surface area contributed by atoms with Crippen LogP contribution in [0.15, 0.2) is 30.3 Å². The number of alkyl carbamates (subject to hydrolysis) is 1. The van der Waals surface area contributed by atoms with E-state index in [9.17, 15) is 9.90 Å². The first-order valence-electron chi connectivity index (χ1n) is 8.74. The summed E-state index contributed by atoms with van der Waals surface area (Å²) in [6, 6.07) is 9.33. The molecule has 4 rings (SSSR count). The quantitative estimate of drug-likeness (QED) is 0.872. The third kappa shape index (κ3) is 3.69. The zero-order valence-electron chi connectivity index (χ0n) is 13.8. The van der Waals surface area contributed by atoms with E-state index < -0.39 is 12.2 Å². The molecular weight excluding hydrogens is 290 g/mol. The molecule has 1 amide bonds. The van der Waals surface area contributed by atoms with Crippen LogP contribution in [0.4, 0.5) is 4.79 Å². The number of hydrogen-bond donors (Lipinski definition) is 2. The molecule has 0 spiro atoms. The largest absolute Gasteiger partial charge is 0.445 e. The Morgan fingerprint density at radius 3 is 2.48 bits per heavy atom. The Kier molecular flexibility index (Phi) is 4.90. The van der Waals surface area contributed by atoms with Crippen molar-refractivity contribution in [2.45, 2.75) is 64.2 Å². The topological polar surface area (TPSA) is 58.6 Å². The van der Waals surface area contributed by atoms with Crippen LogP contribution < -0.4 is 5.32 Å². The number of carbonyl (C=O) groups is 1. The molecule has 0 saturated heterocycles. The van der Waals surface area contributed by atoms with Crippen LogP contribution in [0, 0.1) is 11.3 Å². The minimum atomic E-state index is -0.493. The lowest BCUT2D eigenvalue weighted by atomic mass is 9.57. The van der Waals surface area contributed by atoms with Gasteiger partial charge in [0, 0.05) is 0 Å². The van der Waals surface area contributed by atoms with Gasteiger partial charge in [0.1, 0.15) is 6.61 Å². The number of hydrogen-bond acceptors (Lipinski definition) is 3. The first kappa shape index (κ1) is 16.3. The van der Waals surface area contributed by atoms with Crippen molar-refractivity contribution in [1.82, 2.24) is 5.32 Å². The predicted octanol–water partition coefficient (Wildman–Crippen LogP) is 3.63. The summed E-state index contributed by atoms with van der Waals surface area (Å²) < 4.78 is 5.25. The van der Waals surface area contributed by atoms with Crippen LogP contribution in [0.3, 0.4) is 0 Å². The van der Waals surface area contributed by atoms with Gasteiger partial charge in [0.25, 0.3) is 0 Å². The standard InChI is InChI=1S/C19H27NO3/c1-14(17(21)19-10-7-15(8-11-19)9-12-19)20-18(22)23-13-16-5-3-2-4-6-16/h2-6,14-15,17,21H,7-13H2,1H3,(H,20,22). The van der Waals surface area contributed by atoms with Gasteiger partial charge in [-0.2, -0.15) is 0 Å². The van der Waals surface area contributed by atoms with Crippen molar-refractivity contribution in [2.75, 3.05) is 0 Å². The number of aliphatic hydroxyl groups is 1. The molecule has 0 aromatic heterocycles. The highest BCUT2D eigenvalue weighted by Gasteiger charge is 2.47. The summed E-state index contributed by atoms with van der Waals surface area (Å²) in [4.78, 5) is 12.0. The van der Waals surface area contributed by atoms with Crippen LogP contribution >= 0.6 is 0 Å². The van der Waals surface area contributed by atoms with Crippen molar-refractivity contribution in [3.05, 3.63) is 35.9 Å². The average Bonchev–Trinajstić information content (AvgIpc) is 2.61. The van der Waals surface area contributed by atoms with Crippen molar-refractivity contribution in [3.63, 3.8) is 0 Å². The third-order valence-electron chi connectivity index (χ3n) is 5.81. The summed E-state index contributed by atoms with van der Waals surface area (Å²) in [5.74, 6) is 0.864. The highest BCUT2D eigenvalue weighted by molar-refractivity contribution is 5.67. The number of rotatable bonds is 5. The Labute approximate surface area is 138 Å². The lowest BCUT2D eigenvalue weighted by molar-refractivity contribution is -0.0674. The Morgan fingerprint density at radius 1 is 1.26 bits per heavy atom. The molecular formula is C19H27NO3. The molecule has 2 bridgehead atoms. The molecule has 3 saturated carbocycles. The maximum Gasteiger partial charge on any atom is 0.407 e. The van der Waals surface area contributed by atoms with Crippen LogP contribution in [-0.4, -0.2) is 23.3 Å². The number of ether oxygens (including phenoxy) is 1. The summed E-state index contributed by atoms with van der Waals surface area (Å²) in [5.41, 5.74) is 0.959. The molecule has 3 aliphatic carbocycles. The Hall–Kier alpha value is -1.55. The number of amides is 1. The normalized spacial score (nSPS) is 28.9.